The SMILES string of the molecule is O=c1[nH]c(-c2ccc(C(F)(F)F)cc2)nc2c1CCN(Cc1c[nH]c3cc(Br)ccc13)C2. The topological polar surface area (TPSA) is 64.8 Å². The van der Waals surface area contributed by atoms with Gasteiger partial charge in [0.05, 0.1) is 11.3 Å². The molecule has 32 heavy (non-hydrogen) atoms. The molecule has 0 atom stereocenters. The number of benzene rings is 2. The lowest BCUT2D eigenvalue weighted by molar-refractivity contribution is -0.137. The number of nitrogens with one attached hydrogen (secondary N) is 2. The van der Waals surface area contributed by atoms with Gasteiger partial charge in [-0.25, -0.2) is 4.98 Å². The Labute approximate surface area is 189 Å². The monoisotopic (exact) mass is 502 g/mol. The van der Waals surface area contributed by atoms with Crippen LogP contribution in [0.1, 0.15) is 22.4 Å². The van der Waals surface area contributed by atoms with Crippen molar-refractivity contribution in [2.45, 2.75) is 25.7 Å². The third-order valence-corrected chi connectivity index (χ3v) is 6.25. The van der Waals surface area contributed by atoms with Crippen molar-refractivity contribution < 1.29 is 13.2 Å². The molecule has 9 heteroatoms. The van der Waals surface area contributed by atoms with Gasteiger partial charge in [-0.1, -0.05) is 34.1 Å². The van der Waals surface area contributed by atoms with Crippen LogP contribution in [0.15, 0.2) is 57.9 Å². The van der Waals surface area contributed by atoms with E-state index in [1.165, 1.54) is 12.1 Å². The smallest absolute Gasteiger partial charge is 0.361 e. The molecule has 0 radical (unpaired) electrons. The van der Waals surface area contributed by atoms with Gasteiger partial charge in [0.15, 0.2) is 0 Å². The maximum absolute atomic E-state index is 12.8. The number of nitrogens with zero attached hydrogens (tertiary/aromatic N) is 2. The molecule has 0 saturated carbocycles. The number of alkyl halides is 3. The van der Waals surface area contributed by atoms with E-state index in [0.29, 0.717) is 36.3 Å². The summed E-state index contributed by atoms with van der Waals surface area (Å²) in [6, 6.07) is 10.8. The third-order valence-electron chi connectivity index (χ3n) is 5.76. The molecule has 2 aromatic heterocycles. The van der Waals surface area contributed by atoms with E-state index in [1.54, 1.807) is 0 Å². The lowest BCUT2D eigenvalue weighted by Gasteiger charge is -2.27. The lowest BCUT2D eigenvalue weighted by Crippen LogP contribution is -2.35. The normalized spacial score (nSPS) is 14.6. The van der Waals surface area contributed by atoms with Gasteiger partial charge < -0.3 is 9.97 Å². The molecule has 0 saturated heterocycles. The van der Waals surface area contributed by atoms with E-state index < -0.39 is 11.7 Å². The lowest BCUT2D eigenvalue weighted by atomic mass is 10.0. The van der Waals surface area contributed by atoms with Crippen molar-refractivity contribution in [3.05, 3.63) is 85.9 Å². The Balaban J connectivity index is 1.41. The van der Waals surface area contributed by atoms with Crippen LogP contribution < -0.4 is 5.56 Å². The maximum Gasteiger partial charge on any atom is 0.416 e. The standard InChI is InChI=1S/C23H18BrF3N4O/c24-16-5-6-17-14(10-28-19(17)9-16)11-31-8-7-18-20(12-31)29-21(30-22(18)32)13-1-3-15(4-2-13)23(25,26)27/h1-6,9-10,28H,7-8,11-12H2,(H,29,30,32). The molecule has 0 amide bonds. The van der Waals surface area contributed by atoms with Crippen LogP contribution in [0.3, 0.4) is 0 Å². The number of aromatic amines is 2. The molecule has 4 aromatic rings. The van der Waals surface area contributed by atoms with Crippen LogP contribution in [-0.4, -0.2) is 26.4 Å². The zero-order valence-corrected chi connectivity index (χ0v) is 18.3. The van der Waals surface area contributed by atoms with Gasteiger partial charge in [0.25, 0.3) is 5.56 Å². The predicted molar refractivity (Wildman–Crippen MR) is 119 cm³/mol. The highest BCUT2D eigenvalue weighted by atomic mass is 79.9. The second-order valence-corrected chi connectivity index (χ2v) is 8.80. The number of halogens is 4. The summed E-state index contributed by atoms with van der Waals surface area (Å²) < 4.78 is 39.5. The van der Waals surface area contributed by atoms with Crippen molar-refractivity contribution in [2.75, 3.05) is 6.54 Å². The maximum atomic E-state index is 12.8. The summed E-state index contributed by atoms with van der Waals surface area (Å²) >= 11 is 3.48. The molecule has 164 valence electrons. The number of hydrogen-bond donors (Lipinski definition) is 2. The fraction of sp³-hybridized carbons (Fsp3) is 0.217. The van der Waals surface area contributed by atoms with Crippen molar-refractivity contribution in [1.82, 2.24) is 19.9 Å². The first-order chi connectivity index (χ1) is 15.3. The van der Waals surface area contributed by atoms with Gasteiger partial charge in [-0.15, -0.1) is 0 Å². The molecule has 0 fully saturated rings. The van der Waals surface area contributed by atoms with Crippen LogP contribution in [0.25, 0.3) is 22.3 Å². The first kappa shape index (κ1) is 21.0. The van der Waals surface area contributed by atoms with Gasteiger partial charge in [0.2, 0.25) is 0 Å². The van der Waals surface area contributed by atoms with E-state index in [1.807, 2.05) is 18.3 Å². The van der Waals surface area contributed by atoms with E-state index in [-0.39, 0.29) is 11.4 Å². The van der Waals surface area contributed by atoms with Gasteiger partial charge in [0, 0.05) is 52.3 Å². The second-order valence-electron chi connectivity index (χ2n) is 7.88. The van der Waals surface area contributed by atoms with Crippen molar-refractivity contribution >= 4 is 26.8 Å². The molecule has 5 rings (SSSR count). The van der Waals surface area contributed by atoms with Crippen LogP contribution in [0.2, 0.25) is 0 Å². The summed E-state index contributed by atoms with van der Waals surface area (Å²) in [5.41, 5.74) is 2.98. The average Bonchev–Trinajstić information content (AvgIpc) is 3.14. The number of rotatable bonds is 3. The van der Waals surface area contributed by atoms with Gasteiger partial charge >= 0.3 is 6.18 Å². The molecule has 5 nitrogen and oxygen atoms in total. The molecule has 0 bridgehead atoms. The van der Waals surface area contributed by atoms with Crippen molar-refractivity contribution in [3.63, 3.8) is 0 Å². The molecule has 1 aliphatic rings. The fourth-order valence-corrected chi connectivity index (χ4v) is 4.47. The van der Waals surface area contributed by atoms with Crippen LogP contribution in [0.5, 0.6) is 0 Å². The number of fused-ring (bicyclic) bond motifs is 2. The zero-order chi connectivity index (χ0) is 22.5. The molecular formula is C23H18BrF3N4O. The summed E-state index contributed by atoms with van der Waals surface area (Å²) in [5.74, 6) is 0.279. The van der Waals surface area contributed by atoms with E-state index >= 15 is 0 Å². The molecule has 2 aromatic carbocycles. The Morgan fingerprint density at radius 3 is 2.66 bits per heavy atom. The first-order valence-electron chi connectivity index (χ1n) is 10.1. The van der Waals surface area contributed by atoms with E-state index in [2.05, 4.69) is 41.8 Å². The minimum absolute atomic E-state index is 0.235. The Hall–Kier alpha value is -2.91. The van der Waals surface area contributed by atoms with E-state index in [9.17, 15) is 18.0 Å². The molecular weight excluding hydrogens is 485 g/mol. The number of aromatic nitrogens is 3. The molecule has 0 unspecified atom stereocenters. The minimum Gasteiger partial charge on any atom is -0.361 e. The van der Waals surface area contributed by atoms with Crippen molar-refractivity contribution in [1.29, 1.82) is 0 Å². The summed E-state index contributed by atoms with van der Waals surface area (Å²) in [6.07, 6.45) is -1.85. The highest BCUT2D eigenvalue weighted by molar-refractivity contribution is 9.10. The number of hydrogen-bond acceptors (Lipinski definition) is 3. The Morgan fingerprint density at radius 1 is 1.12 bits per heavy atom. The second kappa shape index (κ2) is 7.90. The van der Waals surface area contributed by atoms with Gasteiger partial charge in [-0.3, -0.25) is 9.69 Å². The van der Waals surface area contributed by atoms with Crippen LogP contribution >= 0.6 is 15.9 Å². The third kappa shape index (κ3) is 3.98. The van der Waals surface area contributed by atoms with Gasteiger partial charge in [0.1, 0.15) is 5.82 Å². The highest BCUT2D eigenvalue weighted by Crippen LogP contribution is 2.31. The van der Waals surface area contributed by atoms with Crippen molar-refractivity contribution in [3.8, 4) is 11.4 Å². The Kier molecular flexibility index (Phi) is 5.17. The first-order valence-corrected chi connectivity index (χ1v) is 10.8. The van der Waals surface area contributed by atoms with Crippen LogP contribution in [0, 0.1) is 0 Å². The Bertz CT molecular complexity index is 1360. The average molecular weight is 503 g/mol. The van der Waals surface area contributed by atoms with Gasteiger partial charge in [-0.05, 0) is 36.2 Å². The quantitative estimate of drug-likeness (QED) is 0.401. The van der Waals surface area contributed by atoms with E-state index in [0.717, 1.165) is 39.6 Å². The molecule has 3 heterocycles. The largest absolute Gasteiger partial charge is 0.416 e. The van der Waals surface area contributed by atoms with Crippen LogP contribution in [-0.2, 0) is 25.7 Å². The predicted octanol–water partition coefficient (Wildman–Crippen LogP) is 5.26. The summed E-state index contributed by atoms with van der Waals surface area (Å²) in [7, 11) is 0. The molecule has 1 aliphatic heterocycles. The molecule has 0 spiro atoms. The van der Waals surface area contributed by atoms with Crippen LogP contribution in [0.4, 0.5) is 13.2 Å². The molecule has 0 aliphatic carbocycles. The Morgan fingerprint density at radius 2 is 1.91 bits per heavy atom. The number of H-pyrrole nitrogens is 2. The zero-order valence-electron chi connectivity index (χ0n) is 16.8. The summed E-state index contributed by atoms with van der Waals surface area (Å²) in [4.78, 5) is 25.4. The van der Waals surface area contributed by atoms with Gasteiger partial charge in [-0.2, -0.15) is 13.2 Å². The minimum atomic E-state index is -4.41. The fourth-order valence-electron chi connectivity index (χ4n) is 4.11. The molecule has 2 N–H and O–H groups in total. The highest BCUT2D eigenvalue weighted by Gasteiger charge is 2.30. The van der Waals surface area contributed by atoms with E-state index in [4.69, 9.17) is 0 Å². The summed E-state index contributed by atoms with van der Waals surface area (Å²) in [6.45, 7) is 1.92. The van der Waals surface area contributed by atoms with Crippen molar-refractivity contribution in [2.24, 2.45) is 0 Å². The summed E-state index contributed by atoms with van der Waals surface area (Å²) in [5, 5.41) is 1.14.